The molecule has 1 heterocycles. The summed E-state index contributed by atoms with van der Waals surface area (Å²) in [6.45, 7) is 0.221. The molecule has 0 aliphatic heterocycles. The summed E-state index contributed by atoms with van der Waals surface area (Å²) in [5.41, 5.74) is 1.80. The van der Waals surface area contributed by atoms with E-state index in [9.17, 15) is 9.18 Å². The van der Waals surface area contributed by atoms with E-state index < -0.39 is 0 Å². The van der Waals surface area contributed by atoms with E-state index in [0.717, 1.165) is 15.4 Å². The van der Waals surface area contributed by atoms with Gasteiger partial charge in [0.25, 0.3) is 5.91 Å². The highest BCUT2D eigenvalue weighted by Gasteiger charge is 2.13. The van der Waals surface area contributed by atoms with Crippen LogP contribution in [0.25, 0.3) is 10.9 Å². The number of para-hydroxylation sites is 1. The fraction of sp³-hybridized carbons (Fsp3) is 0.0667. The van der Waals surface area contributed by atoms with Crippen LogP contribution in [0.2, 0.25) is 0 Å². The molecule has 106 valence electrons. The number of H-pyrrole nitrogens is 1. The summed E-state index contributed by atoms with van der Waals surface area (Å²) in [6.07, 6.45) is 0. The summed E-state index contributed by atoms with van der Waals surface area (Å²) in [7, 11) is 0. The number of hydrogen-bond acceptors (Lipinski definition) is 2. The minimum atomic E-state index is -0.340. The van der Waals surface area contributed by atoms with Crippen molar-refractivity contribution in [3.05, 3.63) is 64.0 Å². The van der Waals surface area contributed by atoms with Crippen LogP contribution in [0.3, 0.4) is 0 Å². The number of nitrogens with one attached hydrogen (secondary N) is 2. The second-order valence-corrected chi connectivity index (χ2v) is 5.39. The molecule has 0 bridgehead atoms. The number of carbonyl (C=O) groups excluding carboxylic acids is 1. The largest absolute Gasteiger partial charge is 0.347 e. The Bertz CT molecular complexity index is 816. The molecule has 0 saturated carbocycles. The first-order chi connectivity index (χ1) is 10.1. The van der Waals surface area contributed by atoms with Crippen molar-refractivity contribution in [1.29, 1.82) is 0 Å². The van der Waals surface area contributed by atoms with Gasteiger partial charge in [0.2, 0.25) is 0 Å². The second-order valence-electron chi connectivity index (χ2n) is 4.54. The van der Waals surface area contributed by atoms with E-state index in [0.29, 0.717) is 11.3 Å². The molecule has 21 heavy (non-hydrogen) atoms. The molecule has 0 aliphatic rings. The Hall–Kier alpha value is -2.21. The smallest absolute Gasteiger partial charge is 0.272 e. The van der Waals surface area contributed by atoms with Crippen molar-refractivity contribution in [3.63, 3.8) is 0 Å². The summed E-state index contributed by atoms with van der Waals surface area (Å²) < 4.78 is 13.9. The van der Waals surface area contributed by atoms with Crippen LogP contribution in [0.4, 0.5) is 4.39 Å². The molecular weight excluding hydrogens is 337 g/mol. The quantitative estimate of drug-likeness (QED) is 0.762. The predicted molar refractivity (Wildman–Crippen MR) is 81.4 cm³/mol. The van der Waals surface area contributed by atoms with Crippen LogP contribution in [-0.4, -0.2) is 16.1 Å². The number of nitrogens with zero attached hydrogens (tertiary/aromatic N) is 1. The zero-order chi connectivity index (χ0) is 14.8. The maximum absolute atomic E-state index is 13.2. The molecular formula is C15H11BrFN3O. The molecule has 3 aromatic rings. The van der Waals surface area contributed by atoms with Crippen LogP contribution in [0.15, 0.2) is 46.9 Å². The lowest BCUT2D eigenvalue weighted by Crippen LogP contribution is -2.23. The van der Waals surface area contributed by atoms with E-state index in [4.69, 9.17) is 0 Å². The maximum atomic E-state index is 13.2. The minimum Gasteiger partial charge on any atom is -0.347 e. The standard InChI is InChI=1S/C15H11BrFN3O/c16-12-6-5-10(17)7-9(12)8-18-15(21)14-11-3-1-2-4-13(11)19-20-14/h1-7H,8H2,(H,18,21)(H,19,20). The highest BCUT2D eigenvalue weighted by atomic mass is 79.9. The van der Waals surface area contributed by atoms with Gasteiger partial charge in [-0.1, -0.05) is 34.1 Å². The van der Waals surface area contributed by atoms with Gasteiger partial charge in [0.1, 0.15) is 5.82 Å². The van der Waals surface area contributed by atoms with Gasteiger partial charge in [-0.25, -0.2) is 4.39 Å². The van der Waals surface area contributed by atoms with Crippen molar-refractivity contribution in [2.75, 3.05) is 0 Å². The third-order valence-electron chi connectivity index (χ3n) is 3.13. The molecule has 2 aromatic carbocycles. The lowest BCUT2D eigenvalue weighted by atomic mass is 10.2. The zero-order valence-corrected chi connectivity index (χ0v) is 12.4. The van der Waals surface area contributed by atoms with Crippen molar-refractivity contribution in [2.45, 2.75) is 6.54 Å². The molecule has 0 atom stereocenters. The Kier molecular flexibility index (Phi) is 3.70. The van der Waals surface area contributed by atoms with Gasteiger partial charge in [-0.05, 0) is 29.8 Å². The van der Waals surface area contributed by atoms with E-state index in [1.54, 1.807) is 6.07 Å². The lowest BCUT2D eigenvalue weighted by Gasteiger charge is -2.06. The van der Waals surface area contributed by atoms with Crippen LogP contribution in [-0.2, 0) is 6.54 Å². The first kappa shape index (κ1) is 13.8. The Balaban J connectivity index is 1.79. The molecule has 0 spiro atoms. The number of aromatic nitrogens is 2. The molecule has 1 aromatic heterocycles. The number of rotatable bonds is 3. The number of amides is 1. The van der Waals surface area contributed by atoms with Gasteiger partial charge in [0.05, 0.1) is 5.52 Å². The average Bonchev–Trinajstić information content (AvgIpc) is 2.92. The van der Waals surface area contributed by atoms with Crippen LogP contribution in [0, 0.1) is 5.82 Å². The van der Waals surface area contributed by atoms with Gasteiger partial charge in [-0.2, -0.15) is 5.10 Å². The summed E-state index contributed by atoms with van der Waals surface area (Å²) in [4.78, 5) is 12.2. The Morgan fingerprint density at radius 2 is 2.10 bits per heavy atom. The van der Waals surface area contributed by atoms with E-state index in [1.807, 2.05) is 24.3 Å². The summed E-state index contributed by atoms with van der Waals surface area (Å²) in [5, 5.41) is 10.3. The Labute approximate surface area is 128 Å². The monoisotopic (exact) mass is 347 g/mol. The van der Waals surface area contributed by atoms with Gasteiger partial charge in [-0.3, -0.25) is 9.89 Å². The minimum absolute atomic E-state index is 0.221. The Morgan fingerprint density at radius 1 is 1.29 bits per heavy atom. The average molecular weight is 348 g/mol. The van der Waals surface area contributed by atoms with Crippen LogP contribution < -0.4 is 5.32 Å². The van der Waals surface area contributed by atoms with E-state index >= 15 is 0 Å². The fourth-order valence-electron chi connectivity index (χ4n) is 2.07. The van der Waals surface area contributed by atoms with Gasteiger partial charge >= 0.3 is 0 Å². The molecule has 0 unspecified atom stereocenters. The van der Waals surface area contributed by atoms with Gasteiger partial charge in [0.15, 0.2) is 5.69 Å². The summed E-state index contributed by atoms with van der Waals surface area (Å²) in [6, 6.07) is 11.7. The number of aromatic amines is 1. The SMILES string of the molecule is O=C(NCc1cc(F)ccc1Br)c1n[nH]c2ccccc12. The Morgan fingerprint density at radius 3 is 2.95 bits per heavy atom. The van der Waals surface area contributed by atoms with Crippen LogP contribution in [0.1, 0.15) is 16.1 Å². The number of hydrogen-bond donors (Lipinski definition) is 2. The van der Waals surface area contributed by atoms with Crippen molar-refractivity contribution in [3.8, 4) is 0 Å². The van der Waals surface area contributed by atoms with E-state index in [2.05, 4.69) is 31.4 Å². The number of fused-ring (bicyclic) bond motifs is 1. The van der Waals surface area contributed by atoms with Crippen molar-refractivity contribution < 1.29 is 9.18 Å². The molecule has 0 aliphatic carbocycles. The summed E-state index contributed by atoms with van der Waals surface area (Å²) >= 11 is 3.33. The van der Waals surface area contributed by atoms with Gasteiger partial charge < -0.3 is 5.32 Å². The molecule has 1 amide bonds. The predicted octanol–water partition coefficient (Wildman–Crippen LogP) is 3.39. The third kappa shape index (κ3) is 2.80. The van der Waals surface area contributed by atoms with Crippen LogP contribution in [0.5, 0.6) is 0 Å². The topological polar surface area (TPSA) is 57.8 Å². The highest BCUT2D eigenvalue weighted by molar-refractivity contribution is 9.10. The van der Waals surface area contributed by atoms with E-state index in [1.165, 1.54) is 12.1 Å². The number of benzene rings is 2. The number of halogens is 2. The molecule has 4 nitrogen and oxygen atoms in total. The normalized spacial score (nSPS) is 10.8. The summed E-state index contributed by atoms with van der Waals surface area (Å²) in [5.74, 6) is -0.642. The molecule has 3 rings (SSSR count). The molecule has 6 heteroatoms. The molecule has 0 fully saturated rings. The van der Waals surface area contributed by atoms with Crippen LogP contribution >= 0.6 is 15.9 Å². The molecule has 0 saturated heterocycles. The third-order valence-corrected chi connectivity index (χ3v) is 3.91. The molecule has 2 N–H and O–H groups in total. The van der Waals surface area contributed by atoms with Crippen molar-refractivity contribution in [1.82, 2.24) is 15.5 Å². The van der Waals surface area contributed by atoms with E-state index in [-0.39, 0.29) is 18.3 Å². The number of carbonyl (C=O) groups is 1. The van der Waals surface area contributed by atoms with Crippen molar-refractivity contribution in [2.24, 2.45) is 0 Å². The molecule has 0 radical (unpaired) electrons. The zero-order valence-electron chi connectivity index (χ0n) is 10.9. The first-order valence-electron chi connectivity index (χ1n) is 6.30. The fourth-order valence-corrected chi connectivity index (χ4v) is 2.46. The van der Waals surface area contributed by atoms with Gasteiger partial charge in [-0.15, -0.1) is 0 Å². The second kappa shape index (κ2) is 5.65. The highest BCUT2D eigenvalue weighted by Crippen LogP contribution is 2.18. The maximum Gasteiger partial charge on any atom is 0.272 e. The van der Waals surface area contributed by atoms with Gasteiger partial charge in [0, 0.05) is 16.4 Å². The van der Waals surface area contributed by atoms with Crippen molar-refractivity contribution >= 4 is 32.7 Å². The first-order valence-corrected chi connectivity index (χ1v) is 7.09. The lowest BCUT2D eigenvalue weighted by molar-refractivity contribution is 0.0947.